The monoisotopic (exact) mass is 202 g/mol. The lowest BCUT2D eigenvalue weighted by Crippen LogP contribution is -1.99. The minimum Gasteiger partial charge on any atom is -0.300 e. The van der Waals surface area contributed by atoms with E-state index in [4.69, 9.17) is 5.90 Å². The molecule has 1 heterocycles. The quantitative estimate of drug-likeness (QED) is 0.735. The van der Waals surface area contributed by atoms with Gasteiger partial charge in [-0.2, -0.15) is 0 Å². The molecule has 0 fully saturated rings. The molecule has 2 N–H and O–H groups in total. The van der Waals surface area contributed by atoms with Crippen LogP contribution in [0.3, 0.4) is 0 Å². The summed E-state index contributed by atoms with van der Waals surface area (Å²) in [6, 6.07) is 1.84. The smallest absolute Gasteiger partial charge is 0.0942 e. The summed E-state index contributed by atoms with van der Waals surface area (Å²) >= 11 is 3.30. The molecule has 54 valence electrons. The SMILES string of the molecule is NOCc1ccncc1Br. The molecule has 0 radical (unpaired) electrons. The van der Waals surface area contributed by atoms with E-state index in [0.29, 0.717) is 6.61 Å². The van der Waals surface area contributed by atoms with Gasteiger partial charge in [0.2, 0.25) is 0 Å². The zero-order valence-corrected chi connectivity index (χ0v) is 6.84. The number of nitrogens with two attached hydrogens (primary N) is 1. The van der Waals surface area contributed by atoms with Gasteiger partial charge in [-0.15, -0.1) is 0 Å². The highest BCUT2D eigenvalue weighted by Crippen LogP contribution is 2.14. The first-order valence-corrected chi connectivity index (χ1v) is 3.54. The third-order valence-corrected chi connectivity index (χ3v) is 1.81. The Hall–Kier alpha value is -0.450. The van der Waals surface area contributed by atoms with Crippen molar-refractivity contribution in [3.63, 3.8) is 0 Å². The zero-order chi connectivity index (χ0) is 7.40. The number of pyridine rings is 1. The van der Waals surface area contributed by atoms with Crippen LogP contribution in [0.25, 0.3) is 0 Å². The van der Waals surface area contributed by atoms with Gasteiger partial charge in [-0.3, -0.25) is 9.82 Å². The Morgan fingerprint density at radius 1 is 1.70 bits per heavy atom. The largest absolute Gasteiger partial charge is 0.300 e. The topological polar surface area (TPSA) is 48.1 Å². The highest BCUT2D eigenvalue weighted by atomic mass is 79.9. The van der Waals surface area contributed by atoms with E-state index in [2.05, 4.69) is 25.8 Å². The molecule has 0 unspecified atom stereocenters. The molecule has 0 aliphatic heterocycles. The molecule has 0 aliphatic rings. The molecule has 3 nitrogen and oxygen atoms in total. The fourth-order valence-electron chi connectivity index (χ4n) is 0.611. The molecule has 0 saturated carbocycles. The summed E-state index contributed by atoms with van der Waals surface area (Å²) < 4.78 is 0.917. The molecule has 0 bridgehead atoms. The summed E-state index contributed by atoms with van der Waals surface area (Å²) in [6.45, 7) is 0.406. The zero-order valence-electron chi connectivity index (χ0n) is 5.25. The van der Waals surface area contributed by atoms with Crippen LogP contribution < -0.4 is 5.90 Å². The van der Waals surface area contributed by atoms with Crippen molar-refractivity contribution < 1.29 is 4.84 Å². The molecule has 0 spiro atoms. The molecular weight excluding hydrogens is 196 g/mol. The molecular formula is C6H7BrN2O. The Morgan fingerprint density at radius 2 is 2.50 bits per heavy atom. The van der Waals surface area contributed by atoms with E-state index >= 15 is 0 Å². The minimum absolute atomic E-state index is 0.406. The predicted molar refractivity (Wildman–Crippen MR) is 40.9 cm³/mol. The van der Waals surface area contributed by atoms with Gasteiger partial charge in [-0.25, -0.2) is 5.90 Å². The van der Waals surface area contributed by atoms with Gasteiger partial charge >= 0.3 is 0 Å². The number of halogens is 1. The van der Waals surface area contributed by atoms with Crippen LogP contribution in [-0.4, -0.2) is 4.98 Å². The molecule has 1 aromatic rings. The number of hydrogen-bond acceptors (Lipinski definition) is 3. The second-order valence-corrected chi connectivity index (χ2v) is 2.63. The number of hydrogen-bond donors (Lipinski definition) is 1. The second kappa shape index (κ2) is 3.65. The summed E-state index contributed by atoms with van der Waals surface area (Å²) in [4.78, 5) is 8.33. The van der Waals surface area contributed by atoms with Gasteiger partial charge in [-0.1, -0.05) is 0 Å². The number of aromatic nitrogens is 1. The molecule has 0 aliphatic carbocycles. The molecule has 1 rings (SSSR count). The molecule has 10 heavy (non-hydrogen) atoms. The van der Waals surface area contributed by atoms with Crippen molar-refractivity contribution in [3.8, 4) is 0 Å². The molecule has 1 aromatic heterocycles. The van der Waals surface area contributed by atoms with Crippen molar-refractivity contribution in [1.82, 2.24) is 4.98 Å². The first-order chi connectivity index (χ1) is 4.84. The summed E-state index contributed by atoms with van der Waals surface area (Å²) in [5, 5.41) is 0. The van der Waals surface area contributed by atoms with Crippen molar-refractivity contribution >= 4 is 15.9 Å². The summed E-state index contributed by atoms with van der Waals surface area (Å²) in [5.41, 5.74) is 0.998. The van der Waals surface area contributed by atoms with Crippen LogP contribution in [0.1, 0.15) is 5.56 Å². The van der Waals surface area contributed by atoms with E-state index in [-0.39, 0.29) is 0 Å². The van der Waals surface area contributed by atoms with E-state index in [1.165, 1.54) is 0 Å². The van der Waals surface area contributed by atoms with Gasteiger partial charge in [0.05, 0.1) is 6.61 Å². The minimum atomic E-state index is 0.406. The van der Waals surface area contributed by atoms with Crippen molar-refractivity contribution in [2.45, 2.75) is 6.61 Å². The van der Waals surface area contributed by atoms with E-state index in [9.17, 15) is 0 Å². The first-order valence-electron chi connectivity index (χ1n) is 2.74. The lowest BCUT2D eigenvalue weighted by atomic mass is 10.3. The van der Waals surface area contributed by atoms with Gasteiger partial charge < -0.3 is 0 Å². The maximum absolute atomic E-state index is 4.89. The van der Waals surface area contributed by atoms with Crippen LogP contribution in [0.4, 0.5) is 0 Å². The summed E-state index contributed by atoms with van der Waals surface area (Å²) in [7, 11) is 0. The van der Waals surface area contributed by atoms with Crippen LogP contribution in [-0.2, 0) is 11.4 Å². The highest BCUT2D eigenvalue weighted by Gasteiger charge is 1.96. The average Bonchev–Trinajstić information content (AvgIpc) is 1.94. The maximum Gasteiger partial charge on any atom is 0.0942 e. The van der Waals surface area contributed by atoms with Crippen molar-refractivity contribution in [2.75, 3.05) is 0 Å². The van der Waals surface area contributed by atoms with Crippen LogP contribution in [0, 0.1) is 0 Å². The van der Waals surface area contributed by atoms with Gasteiger partial charge in [0.15, 0.2) is 0 Å². The standard InChI is InChI=1S/C6H7BrN2O/c7-6-3-9-2-1-5(6)4-10-8/h1-3H,4,8H2. The van der Waals surface area contributed by atoms with E-state index in [1.807, 2.05) is 6.07 Å². The molecule has 0 amide bonds. The Morgan fingerprint density at radius 3 is 3.10 bits per heavy atom. The van der Waals surface area contributed by atoms with Gasteiger partial charge in [0.1, 0.15) is 0 Å². The van der Waals surface area contributed by atoms with Gasteiger partial charge in [-0.05, 0) is 27.6 Å². The Bertz CT molecular complexity index is 217. The van der Waals surface area contributed by atoms with Crippen molar-refractivity contribution in [1.29, 1.82) is 0 Å². The third kappa shape index (κ3) is 1.76. The first kappa shape index (κ1) is 7.65. The fraction of sp³-hybridized carbons (Fsp3) is 0.167. The van der Waals surface area contributed by atoms with E-state index in [0.717, 1.165) is 10.0 Å². The predicted octanol–water partition coefficient (Wildman–Crippen LogP) is 1.23. The highest BCUT2D eigenvalue weighted by molar-refractivity contribution is 9.10. The van der Waals surface area contributed by atoms with E-state index < -0.39 is 0 Å². The fourth-order valence-corrected chi connectivity index (χ4v) is 0.976. The van der Waals surface area contributed by atoms with E-state index in [1.54, 1.807) is 12.4 Å². The molecule has 0 atom stereocenters. The molecule has 0 saturated heterocycles. The Balaban J connectivity index is 2.81. The average molecular weight is 203 g/mol. The Labute approximate surface area is 67.3 Å². The van der Waals surface area contributed by atoms with Crippen LogP contribution in [0.5, 0.6) is 0 Å². The number of nitrogens with zero attached hydrogens (tertiary/aromatic N) is 1. The number of rotatable bonds is 2. The van der Waals surface area contributed by atoms with Crippen molar-refractivity contribution in [3.05, 3.63) is 28.5 Å². The lowest BCUT2D eigenvalue weighted by molar-refractivity contribution is 0.123. The summed E-state index contributed by atoms with van der Waals surface area (Å²) in [6.07, 6.45) is 3.40. The van der Waals surface area contributed by atoms with Crippen LogP contribution in [0.15, 0.2) is 22.9 Å². The third-order valence-electron chi connectivity index (χ3n) is 1.10. The molecule has 0 aromatic carbocycles. The Kier molecular flexibility index (Phi) is 2.80. The van der Waals surface area contributed by atoms with Crippen LogP contribution >= 0.6 is 15.9 Å². The van der Waals surface area contributed by atoms with Gasteiger partial charge in [0.25, 0.3) is 0 Å². The summed E-state index contributed by atoms with van der Waals surface area (Å²) in [5.74, 6) is 4.89. The lowest BCUT2D eigenvalue weighted by Gasteiger charge is -1.99. The van der Waals surface area contributed by atoms with Crippen LogP contribution in [0.2, 0.25) is 0 Å². The normalized spacial score (nSPS) is 9.80. The second-order valence-electron chi connectivity index (χ2n) is 1.78. The molecule has 4 heteroatoms. The van der Waals surface area contributed by atoms with Crippen molar-refractivity contribution in [2.24, 2.45) is 5.90 Å². The van der Waals surface area contributed by atoms with Gasteiger partial charge in [0, 0.05) is 16.9 Å². The maximum atomic E-state index is 4.89.